The third-order valence-corrected chi connectivity index (χ3v) is 4.92. The number of aromatic nitrogens is 4. The number of rotatable bonds is 3. The molecule has 7 nitrogen and oxygen atoms in total. The van der Waals surface area contributed by atoms with E-state index in [4.69, 9.17) is 5.73 Å². The van der Waals surface area contributed by atoms with Crippen LogP contribution in [0.4, 0.5) is 19.1 Å². The van der Waals surface area contributed by atoms with E-state index in [-0.39, 0.29) is 17.9 Å². The van der Waals surface area contributed by atoms with Gasteiger partial charge in [-0.15, -0.1) is 0 Å². The average molecular weight is 402 g/mol. The number of hydrogen-bond acceptors (Lipinski definition) is 5. The summed E-state index contributed by atoms with van der Waals surface area (Å²) in [5.74, 6) is -0.183. The van der Waals surface area contributed by atoms with Crippen molar-refractivity contribution < 1.29 is 18.0 Å². The second kappa shape index (κ2) is 7.19. The van der Waals surface area contributed by atoms with E-state index in [0.29, 0.717) is 35.5 Å². The number of carbonyl (C=O) groups excluding carboxylic acids is 1. The van der Waals surface area contributed by atoms with Crippen molar-refractivity contribution in [1.29, 1.82) is 0 Å². The Hall–Kier alpha value is -3.43. The molecule has 1 aromatic carbocycles. The topological polar surface area (TPSA) is 101 Å². The van der Waals surface area contributed by atoms with E-state index in [1.165, 1.54) is 24.5 Å². The number of alkyl halides is 3. The largest absolute Gasteiger partial charge is 0.416 e. The van der Waals surface area contributed by atoms with Crippen molar-refractivity contribution in [3.63, 3.8) is 0 Å². The maximum absolute atomic E-state index is 12.9. The predicted octanol–water partition coefficient (Wildman–Crippen LogP) is 3.45. The van der Waals surface area contributed by atoms with Gasteiger partial charge in [0.25, 0.3) is 5.91 Å². The molecule has 3 N–H and O–H groups in total. The molecule has 0 radical (unpaired) electrons. The van der Waals surface area contributed by atoms with Crippen LogP contribution in [0.25, 0.3) is 11.1 Å². The highest BCUT2D eigenvalue weighted by Crippen LogP contribution is 2.38. The third-order valence-electron chi connectivity index (χ3n) is 4.92. The summed E-state index contributed by atoms with van der Waals surface area (Å²) >= 11 is 0. The van der Waals surface area contributed by atoms with Gasteiger partial charge < -0.3 is 10.6 Å². The summed E-state index contributed by atoms with van der Waals surface area (Å²) in [6.45, 7) is 0.527. The minimum Gasteiger partial charge on any atom is -0.368 e. The summed E-state index contributed by atoms with van der Waals surface area (Å²) in [6.07, 6.45) is -0.0192. The molecular formula is C19H17F3N6O. The SMILES string of the molecule is Nc1ncc(-c2ccc(C(F)(F)F)cc2)c([C@@H]2CCCN2C(=O)c2ccn[nH]2)n1. The van der Waals surface area contributed by atoms with Crippen LogP contribution >= 0.6 is 0 Å². The van der Waals surface area contributed by atoms with Gasteiger partial charge in [0.1, 0.15) is 5.69 Å². The van der Waals surface area contributed by atoms with Gasteiger partial charge in [-0.05, 0) is 36.6 Å². The van der Waals surface area contributed by atoms with Crippen LogP contribution in [0.15, 0.2) is 42.7 Å². The molecule has 3 heterocycles. The molecule has 0 unspecified atom stereocenters. The number of anilines is 1. The van der Waals surface area contributed by atoms with Crippen LogP contribution in [0.3, 0.4) is 0 Å². The van der Waals surface area contributed by atoms with Crippen LogP contribution in [0.5, 0.6) is 0 Å². The van der Waals surface area contributed by atoms with Gasteiger partial charge in [-0.1, -0.05) is 12.1 Å². The maximum atomic E-state index is 12.9. The number of nitrogens with one attached hydrogen (secondary N) is 1. The van der Waals surface area contributed by atoms with Crippen molar-refractivity contribution in [2.45, 2.75) is 25.1 Å². The third kappa shape index (κ3) is 3.65. The molecule has 1 saturated heterocycles. The number of halogens is 3. The van der Waals surface area contributed by atoms with E-state index >= 15 is 0 Å². The summed E-state index contributed by atoms with van der Waals surface area (Å²) in [5.41, 5.74) is 6.98. The first-order valence-electron chi connectivity index (χ1n) is 8.95. The lowest BCUT2D eigenvalue weighted by molar-refractivity contribution is -0.137. The summed E-state index contributed by atoms with van der Waals surface area (Å²) in [6, 6.07) is 5.99. The number of hydrogen-bond donors (Lipinski definition) is 2. The first-order chi connectivity index (χ1) is 13.8. The highest BCUT2D eigenvalue weighted by molar-refractivity contribution is 5.92. The molecule has 2 aromatic heterocycles. The summed E-state index contributed by atoms with van der Waals surface area (Å²) in [5, 5.41) is 6.47. The number of nitrogens with zero attached hydrogens (tertiary/aromatic N) is 4. The van der Waals surface area contributed by atoms with E-state index in [9.17, 15) is 18.0 Å². The Kier molecular flexibility index (Phi) is 4.69. The highest BCUT2D eigenvalue weighted by atomic mass is 19.4. The smallest absolute Gasteiger partial charge is 0.368 e. The van der Waals surface area contributed by atoms with Gasteiger partial charge in [0, 0.05) is 24.5 Å². The highest BCUT2D eigenvalue weighted by Gasteiger charge is 2.34. The molecule has 1 amide bonds. The number of benzene rings is 1. The predicted molar refractivity (Wildman–Crippen MR) is 98.5 cm³/mol. The quantitative estimate of drug-likeness (QED) is 0.699. The zero-order chi connectivity index (χ0) is 20.6. The van der Waals surface area contributed by atoms with Gasteiger partial charge in [-0.2, -0.15) is 18.3 Å². The molecule has 0 spiro atoms. The van der Waals surface area contributed by atoms with Crippen molar-refractivity contribution in [2.75, 3.05) is 12.3 Å². The Morgan fingerprint density at radius 3 is 2.62 bits per heavy atom. The zero-order valence-electron chi connectivity index (χ0n) is 15.1. The molecule has 1 aliphatic heterocycles. The Labute approximate surface area is 163 Å². The van der Waals surface area contributed by atoms with E-state index in [1.807, 2.05) is 0 Å². The molecule has 4 rings (SSSR count). The fourth-order valence-corrected chi connectivity index (χ4v) is 3.55. The van der Waals surface area contributed by atoms with Gasteiger partial charge in [-0.3, -0.25) is 9.89 Å². The maximum Gasteiger partial charge on any atom is 0.416 e. The molecule has 10 heteroatoms. The van der Waals surface area contributed by atoms with Crippen LogP contribution in [0, 0.1) is 0 Å². The summed E-state index contributed by atoms with van der Waals surface area (Å²) in [7, 11) is 0. The monoisotopic (exact) mass is 402 g/mol. The van der Waals surface area contributed by atoms with Crippen LogP contribution in [0.2, 0.25) is 0 Å². The Morgan fingerprint density at radius 1 is 1.21 bits per heavy atom. The van der Waals surface area contributed by atoms with Crippen molar-refractivity contribution in [2.24, 2.45) is 0 Å². The summed E-state index contributed by atoms with van der Waals surface area (Å²) in [4.78, 5) is 22.8. The van der Waals surface area contributed by atoms with Crippen molar-refractivity contribution in [3.8, 4) is 11.1 Å². The van der Waals surface area contributed by atoms with E-state index in [1.54, 1.807) is 11.0 Å². The van der Waals surface area contributed by atoms with Crippen molar-refractivity contribution in [1.82, 2.24) is 25.1 Å². The second-order valence-electron chi connectivity index (χ2n) is 6.73. The normalized spacial score (nSPS) is 16.9. The van der Waals surface area contributed by atoms with Crippen LogP contribution in [-0.4, -0.2) is 37.5 Å². The molecule has 0 aliphatic carbocycles. The van der Waals surface area contributed by atoms with Gasteiger partial charge in [-0.25, -0.2) is 9.97 Å². The number of nitrogens with two attached hydrogens (primary N) is 1. The average Bonchev–Trinajstić information content (AvgIpc) is 3.39. The molecule has 150 valence electrons. The molecule has 1 fully saturated rings. The van der Waals surface area contributed by atoms with E-state index in [2.05, 4.69) is 20.2 Å². The molecular weight excluding hydrogens is 385 g/mol. The molecule has 1 aliphatic rings. The van der Waals surface area contributed by atoms with Crippen LogP contribution in [0.1, 0.15) is 40.6 Å². The van der Waals surface area contributed by atoms with Crippen molar-refractivity contribution in [3.05, 3.63) is 59.7 Å². The molecule has 3 aromatic rings. The number of carbonyl (C=O) groups is 1. The lowest BCUT2D eigenvalue weighted by atomic mass is 9.98. The molecule has 0 saturated carbocycles. The minimum atomic E-state index is -4.42. The Bertz CT molecular complexity index is 1020. The summed E-state index contributed by atoms with van der Waals surface area (Å²) < 4.78 is 38.6. The van der Waals surface area contributed by atoms with Gasteiger partial charge in [0.2, 0.25) is 5.95 Å². The lowest BCUT2D eigenvalue weighted by Crippen LogP contribution is -2.31. The van der Waals surface area contributed by atoms with Crippen LogP contribution < -0.4 is 5.73 Å². The number of amides is 1. The van der Waals surface area contributed by atoms with Crippen LogP contribution in [-0.2, 0) is 6.18 Å². The minimum absolute atomic E-state index is 0.0384. The number of likely N-dealkylation sites (tertiary alicyclic amines) is 1. The van der Waals surface area contributed by atoms with Crippen molar-refractivity contribution >= 4 is 11.9 Å². The Balaban J connectivity index is 1.72. The lowest BCUT2D eigenvalue weighted by Gasteiger charge is -2.25. The van der Waals surface area contributed by atoms with Gasteiger partial charge >= 0.3 is 6.18 Å². The van der Waals surface area contributed by atoms with Gasteiger partial charge in [0.05, 0.1) is 17.3 Å². The standard InChI is InChI=1S/C19H17F3N6O/c20-19(21,22)12-5-3-11(4-6-12)13-10-24-18(23)26-16(13)15-2-1-9-28(15)17(29)14-7-8-25-27-14/h3-8,10,15H,1-2,9H2,(H,25,27)(H2,23,24,26)/t15-/m0/s1. The zero-order valence-corrected chi connectivity index (χ0v) is 15.1. The second-order valence-corrected chi connectivity index (χ2v) is 6.73. The fraction of sp³-hybridized carbons (Fsp3) is 0.263. The number of aromatic amines is 1. The Morgan fingerprint density at radius 2 is 1.97 bits per heavy atom. The van der Waals surface area contributed by atoms with Gasteiger partial charge in [0.15, 0.2) is 0 Å². The number of H-pyrrole nitrogens is 1. The molecule has 1 atom stereocenters. The van der Waals surface area contributed by atoms with E-state index in [0.717, 1.165) is 18.6 Å². The molecule has 29 heavy (non-hydrogen) atoms. The first-order valence-corrected chi connectivity index (χ1v) is 8.95. The fourth-order valence-electron chi connectivity index (χ4n) is 3.55. The molecule has 0 bridgehead atoms. The first kappa shape index (κ1) is 18.9. The number of nitrogen functional groups attached to an aromatic ring is 1. The van der Waals surface area contributed by atoms with E-state index < -0.39 is 11.7 Å².